The zero-order valence-corrected chi connectivity index (χ0v) is 12.4. The molecule has 20 heavy (non-hydrogen) atoms. The van der Waals surface area contributed by atoms with Crippen LogP contribution in [0, 0.1) is 0 Å². The Morgan fingerprint density at radius 1 is 1.20 bits per heavy atom. The van der Waals surface area contributed by atoms with E-state index in [2.05, 4.69) is 15.4 Å². The number of benzene rings is 1. The van der Waals surface area contributed by atoms with Gasteiger partial charge >= 0.3 is 6.03 Å². The van der Waals surface area contributed by atoms with Gasteiger partial charge in [-0.2, -0.15) is 0 Å². The van der Waals surface area contributed by atoms with Gasteiger partial charge in [0.1, 0.15) is 0 Å². The summed E-state index contributed by atoms with van der Waals surface area (Å²) >= 11 is 0. The Labute approximate surface area is 118 Å². The molecular formula is C12H19N3O4S. The number of sulfonamides is 1. The quantitative estimate of drug-likeness (QED) is 0.649. The standard InChI is InChI=1S/C12H19N3O4S/c1-12(2,8-16)14-11(17)13-9-4-6-10(7-5-9)15-20(3,18)19/h4-7,15-16H,8H2,1-3H3,(H2,13,14,17). The minimum absolute atomic E-state index is 0.183. The lowest BCUT2D eigenvalue weighted by molar-refractivity contribution is 0.187. The summed E-state index contributed by atoms with van der Waals surface area (Å²) in [7, 11) is -3.32. The SMILES string of the molecule is CC(C)(CO)NC(=O)Nc1ccc(NS(C)(=O)=O)cc1. The fourth-order valence-corrected chi connectivity index (χ4v) is 1.91. The molecule has 8 heteroatoms. The Kier molecular flexibility index (Phi) is 4.96. The fourth-order valence-electron chi connectivity index (χ4n) is 1.34. The summed E-state index contributed by atoms with van der Waals surface area (Å²) in [4.78, 5) is 11.7. The smallest absolute Gasteiger partial charge is 0.319 e. The van der Waals surface area contributed by atoms with Gasteiger partial charge in [0, 0.05) is 11.4 Å². The molecule has 1 rings (SSSR count). The number of hydrogen-bond acceptors (Lipinski definition) is 4. The van der Waals surface area contributed by atoms with Crippen LogP contribution in [0.3, 0.4) is 0 Å². The van der Waals surface area contributed by atoms with E-state index >= 15 is 0 Å². The Bertz CT molecular complexity index is 567. The minimum Gasteiger partial charge on any atom is -0.394 e. The number of aliphatic hydroxyl groups is 1. The number of nitrogens with one attached hydrogen (secondary N) is 3. The van der Waals surface area contributed by atoms with E-state index in [0.717, 1.165) is 6.26 Å². The monoisotopic (exact) mass is 301 g/mol. The van der Waals surface area contributed by atoms with Crippen LogP contribution < -0.4 is 15.4 Å². The molecule has 4 N–H and O–H groups in total. The summed E-state index contributed by atoms with van der Waals surface area (Å²) in [5.41, 5.74) is 0.200. The van der Waals surface area contributed by atoms with Crippen LogP contribution >= 0.6 is 0 Å². The van der Waals surface area contributed by atoms with Crippen molar-refractivity contribution in [3.8, 4) is 0 Å². The van der Waals surface area contributed by atoms with E-state index in [1.54, 1.807) is 26.0 Å². The highest BCUT2D eigenvalue weighted by Crippen LogP contribution is 2.14. The third-order valence-corrected chi connectivity index (χ3v) is 2.90. The number of urea groups is 1. The molecule has 0 saturated heterocycles. The zero-order valence-electron chi connectivity index (χ0n) is 11.6. The van der Waals surface area contributed by atoms with E-state index in [1.165, 1.54) is 12.1 Å². The summed E-state index contributed by atoms with van der Waals surface area (Å²) < 4.78 is 24.4. The minimum atomic E-state index is -3.32. The van der Waals surface area contributed by atoms with Crippen molar-refractivity contribution >= 4 is 27.4 Å². The average Bonchev–Trinajstić information content (AvgIpc) is 2.29. The highest BCUT2D eigenvalue weighted by atomic mass is 32.2. The van der Waals surface area contributed by atoms with E-state index < -0.39 is 21.6 Å². The number of anilines is 2. The van der Waals surface area contributed by atoms with Gasteiger partial charge in [0.15, 0.2) is 0 Å². The third-order valence-electron chi connectivity index (χ3n) is 2.29. The Morgan fingerprint density at radius 3 is 2.15 bits per heavy atom. The molecule has 0 aliphatic carbocycles. The summed E-state index contributed by atoms with van der Waals surface area (Å²) in [5.74, 6) is 0. The van der Waals surface area contributed by atoms with Crippen molar-refractivity contribution in [2.45, 2.75) is 19.4 Å². The average molecular weight is 301 g/mol. The first-order chi connectivity index (χ1) is 9.11. The molecule has 1 aromatic carbocycles. The molecule has 0 aliphatic heterocycles. The van der Waals surface area contributed by atoms with Crippen LogP contribution in [0.2, 0.25) is 0 Å². The van der Waals surface area contributed by atoms with Gasteiger partial charge in [0.25, 0.3) is 0 Å². The van der Waals surface area contributed by atoms with E-state index in [1.807, 2.05) is 0 Å². The summed E-state index contributed by atoms with van der Waals surface area (Å²) in [6.45, 7) is 3.19. The van der Waals surface area contributed by atoms with Gasteiger partial charge in [0.2, 0.25) is 10.0 Å². The molecular weight excluding hydrogens is 282 g/mol. The van der Waals surface area contributed by atoms with Gasteiger partial charge in [-0.15, -0.1) is 0 Å². The second-order valence-corrected chi connectivity index (χ2v) is 6.82. The highest BCUT2D eigenvalue weighted by molar-refractivity contribution is 7.92. The van der Waals surface area contributed by atoms with Gasteiger partial charge in [-0.05, 0) is 38.1 Å². The van der Waals surface area contributed by atoms with E-state index in [-0.39, 0.29) is 6.61 Å². The predicted molar refractivity (Wildman–Crippen MR) is 78.2 cm³/mol. The van der Waals surface area contributed by atoms with E-state index in [0.29, 0.717) is 11.4 Å². The van der Waals surface area contributed by atoms with E-state index in [9.17, 15) is 13.2 Å². The molecule has 0 aliphatic rings. The van der Waals surface area contributed by atoms with Crippen LogP contribution in [0.4, 0.5) is 16.2 Å². The van der Waals surface area contributed by atoms with Crippen molar-refractivity contribution in [3.63, 3.8) is 0 Å². The molecule has 0 spiro atoms. The number of rotatable bonds is 5. The Morgan fingerprint density at radius 2 is 1.70 bits per heavy atom. The molecule has 0 heterocycles. The van der Waals surface area contributed by atoms with Crippen LogP contribution in [0.5, 0.6) is 0 Å². The maximum absolute atomic E-state index is 11.7. The topological polar surface area (TPSA) is 108 Å². The van der Waals surface area contributed by atoms with Crippen molar-refractivity contribution in [1.29, 1.82) is 0 Å². The molecule has 0 saturated carbocycles. The normalized spacial score (nSPS) is 11.8. The second kappa shape index (κ2) is 6.10. The molecule has 7 nitrogen and oxygen atoms in total. The van der Waals surface area contributed by atoms with Crippen LogP contribution in [0.15, 0.2) is 24.3 Å². The third kappa shape index (κ3) is 5.89. The number of carbonyl (C=O) groups excluding carboxylic acids is 1. The van der Waals surface area contributed by atoms with Gasteiger partial charge < -0.3 is 15.7 Å². The van der Waals surface area contributed by atoms with Crippen molar-refractivity contribution in [1.82, 2.24) is 5.32 Å². The lowest BCUT2D eigenvalue weighted by Gasteiger charge is -2.23. The molecule has 0 atom stereocenters. The largest absolute Gasteiger partial charge is 0.394 e. The van der Waals surface area contributed by atoms with Crippen LogP contribution in [0.1, 0.15) is 13.8 Å². The lowest BCUT2D eigenvalue weighted by atomic mass is 10.1. The maximum Gasteiger partial charge on any atom is 0.319 e. The number of carbonyl (C=O) groups is 1. The van der Waals surface area contributed by atoms with Crippen LogP contribution in [-0.4, -0.2) is 38.0 Å². The molecule has 0 fully saturated rings. The molecule has 0 aromatic heterocycles. The van der Waals surface area contributed by atoms with Gasteiger partial charge in [-0.3, -0.25) is 4.72 Å². The zero-order chi connectivity index (χ0) is 15.4. The second-order valence-electron chi connectivity index (χ2n) is 5.07. The first-order valence-corrected chi connectivity index (χ1v) is 7.78. The number of aliphatic hydroxyl groups excluding tert-OH is 1. The molecule has 1 aromatic rings. The Hall–Kier alpha value is -1.80. The molecule has 2 amide bonds. The Balaban J connectivity index is 2.64. The summed E-state index contributed by atoms with van der Waals surface area (Å²) in [5, 5.41) is 14.2. The predicted octanol–water partition coefficient (Wildman–Crippen LogP) is 0.950. The molecule has 0 unspecified atom stereocenters. The first-order valence-electron chi connectivity index (χ1n) is 5.89. The maximum atomic E-state index is 11.7. The van der Waals surface area contributed by atoms with Gasteiger partial charge in [-0.25, -0.2) is 13.2 Å². The van der Waals surface area contributed by atoms with Crippen molar-refractivity contribution in [3.05, 3.63) is 24.3 Å². The molecule has 112 valence electrons. The molecule has 0 bridgehead atoms. The first kappa shape index (κ1) is 16.3. The molecule has 0 radical (unpaired) electrons. The highest BCUT2D eigenvalue weighted by Gasteiger charge is 2.18. The van der Waals surface area contributed by atoms with Crippen molar-refractivity contribution in [2.24, 2.45) is 0 Å². The van der Waals surface area contributed by atoms with E-state index in [4.69, 9.17) is 5.11 Å². The fraction of sp³-hybridized carbons (Fsp3) is 0.417. The number of amides is 2. The lowest BCUT2D eigenvalue weighted by Crippen LogP contribution is -2.48. The number of hydrogen-bond donors (Lipinski definition) is 4. The van der Waals surface area contributed by atoms with Crippen LogP contribution in [-0.2, 0) is 10.0 Å². The van der Waals surface area contributed by atoms with Crippen molar-refractivity contribution in [2.75, 3.05) is 22.9 Å². The summed E-state index contributed by atoms with van der Waals surface area (Å²) in [6.07, 6.45) is 1.06. The van der Waals surface area contributed by atoms with Gasteiger partial charge in [0.05, 0.1) is 18.4 Å². The van der Waals surface area contributed by atoms with Gasteiger partial charge in [-0.1, -0.05) is 0 Å². The van der Waals surface area contributed by atoms with Crippen LogP contribution in [0.25, 0.3) is 0 Å². The van der Waals surface area contributed by atoms with Crippen molar-refractivity contribution < 1.29 is 18.3 Å². The summed E-state index contributed by atoms with van der Waals surface area (Å²) in [6, 6.07) is 5.76.